The highest BCUT2D eigenvalue weighted by molar-refractivity contribution is 5.84. The van der Waals surface area contributed by atoms with Crippen LogP contribution in [0.25, 0.3) is 22.5 Å². The number of benzene rings is 8. The maximum atomic E-state index is 4.53. The number of nitrogens with zero attached hydrogens (tertiary/aromatic N) is 7. The van der Waals surface area contributed by atoms with E-state index in [1.807, 2.05) is 36.9 Å². The van der Waals surface area contributed by atoms with Crippen molar-refractivity contribution in [2.24, 2.45) is 0 Å². The summed E-state index contributed by atoms with van der Waals surface area (Å²) in [5.41, 5.74) is 17.0. The molecule has 354 valence electrons. The van der Waals surface area contributed by atoms with E-state index in [0.29, 0.717) is 0 Å². The molecule has 11 aromatic rings. The van der Waals surface area contributed by atoms with Crippen LogP contribution in [0.2, 0.25) is 0 Å². The minimum Gasteiger partial charge on any atom is -0.335 e. The fourth-order valence-electron chi connectivity index (χ4n) is 9.74. The van der Waals surface area contributed by atoms with Crippen molar-refractivity contribution >= 4 is 68.2 Å². The van der Waals surface area contributed by atoms with E-state index in [-0.39, 0.29) is 5.54 Å². The van der Waals surface area contributed by atoms with Gasteiger partial charge in [0.1, 0.15) is 0 Å². The summed E-state index contributed by atoms with van der Waals surface area (Å²) >= 11 is 0. The van der Waals surface area contributed by atoms with Gasteiger partial charge in [-0.05, 0) is 190 Å². The van der Waals surface area contributed by atoms with Crippen molar-refractivity contribution in [1.82, 2.24) is 14.5 Å². The number of rotatable bonds is 14. The van der Waals surface area contributed by atoms with Crippen LogP contribution in [0.5, 0.6) is 0 Å². The van der Waals surface area contributed by atoms with Crippen molar-refractivity contribution in [1.29, 1.82) is 0 Å². The topological polar surface area (TPSA) is 43.7 Å². The van der Waals surface area contributed by atoms with Crippen LogP contribution in [0.4, 0.5) is 68.2 Å². The Balaban J connectivity index is 0.894. The first-order chi connectivity index (χ1) is 35.9. The Bertz CT molecular complexity index is 3180. The summed E-state index contributed by atoms with van der Waals surface area (Å²) in [5.74, 6) is 0. The zero-order valence-corrected chi connectivity index (χ0v) is 41.2. The molecule has 0 unspecified atom stereocenters. The largest absolute Gasteiger partial charge is 0.335 e. The van der Waals surface area contributed by atoms with E-state index < -0.39 is 0 Å². The Labute approximate surface area is 428 Å². The van der Waals surface area contributed by atoms with Gasteiger partial charge in [0.15, 0.2) is 0 Å². The van der Waals surface area contributed by atoms with Crippen molar-refractivity contribution in [2.75, 3.05) is 19.6 Å². The van der Waals surface area contributed by atoms with Gasteiger partial charge in [-0.2, -0.15) is 0 Å². The molecule has 0 saturated heterocycles. The SMILES string of the molecule is CC(C)(C)n1c(-c2ccc(N(c3ccc(N(c4ccccc4)c4ccccc4)cc3)c3cccnc3)cc2)ccc1-c1ccc(N(c2ccc(N(c3ccccc3)c3ccccc3)cc2)c2cccnc2)cc1. The van der Waals surface area contributed by atoms with Crippen molar-refractivity contribution in [2.45, 2.75) is 26.3 Å². The van der Waals surface area contributed by atoms with Crippen LogP contribution in [-0.4, -0.2) is 14.5 Å². The Hall–Kier alpha value is -9.46. The standard InChI is InChI=1S/C66H55N7/c1-66(2,3)73-64(50-28-32-56(33-29-50)71(62-26-16-46-67-48-62)60-40-36-58(37-41-60)69(52-18-8-4-9-19-52)53-20-10-5-11-21-53)44-45-65(73)51-30-34-57(35-31-51)72(63-27-17-47-68-49-63)61-42-38-59(39-43-61)70(54-22-12-6-13-23-54)55-24-14-7-15-25-55/h4-49H,1-3H3. The monoisotopic (exact) mass is 945 g/mol. The third-order valence-electron chi connectivity index (χ3n) is 13.0. The summed E-state index contributed by atoms with van der Waals surface area (Å²) in [7, 11) is 0. The van der Waals surface area contributed by atoms with Gasteiger partial charge in [-0.3, -0.25) is 9.97 Å². The zero-order chi connectivity index (χ0) is 49.6. The van der Waals surface area contributed by atoms with E-state index in [1.165, 1.54) is 0 Å². The van der Waals surface area contributed by atoms with Crippen LogP contribution >= 0.6 is 0 Å². The van der Waals surface area contributed by atoms with E-state index in [0.717, 1.165) is 90.8 Å². The highest BCUT2D eigenvalue weighted by Crippen LogP contribution is 2.43. The lowest BCUT2D eigenvalue weighted by Gasteiger charge is -2.29. The molecule has 0 aliphatic rings. The number of hydrogen-bond acceptors (Lipinski definition) is 6. The number of para-hydroxylation sites is 4. The van der Waals surface area contributed by atoms with E-state index in [4.69, 9.17) is 0 Å². The fraction of sp³-hybridized carbons (Fsp3) is 0.0606. The van der Waals surface area contributed by atoms with Gasteiger partial charge in [-0.1, -0.05) is 97.1 Å². The number of hydrogen-bond donors (Lipinski definition) is 0. The molecular formula is C66H55N7. The minimum absolute atomic E-state index is 0.223. The average molecular weight is 946 g/mol. The Kier molecular flexibility index (Phi) is 12.9. The first kappa shape index (κ1) is 46.0. The number of aromatic nitrogens is 3. The highest BCUT2D eigenvalue weighted by Gasteiger charge is 2.24. The Morgan fingerprint density at radius 2 is 0.493 bits per heavy atom. The van der Waals surface area contributed by atoms with Crippen LogP contribution in [0.3, 0.4) is 0 Å². The molecule has 0 atom stereocenters. The first-order valence-electron chi connectivity index (χ1n) is 24.7. The van der Waals surface area contributed by atoms with Gasteiger partial charge in [-0.25, -0.2) is 0 Å². The van der Waals surface area contributed by atoms with Crippen molar-refractivity contribution in [3.63, 3.8) is 0 Å². The zero-order valence-electron chi connectivity index (χ0n) is 41.2. The average Bonchev–Trinajstić information content (AvgIpc) is 3.91. The normalized spacial score (nSPS) is 11.2. The second-order valence-corrected chi connectivity index (χ2v) is 18.8. The fourth-order valence-corrected chi connectivity index (χ4v) is 9.74. The molecule has 7 heteroatoms. The van der Waals surface area contributed by atoms with Gasteiger partial charge in [0.05, 0.1) is 23.8 Å². The smallest absolute Gasteiger partial charge is 0.0644 e. The third-order valence-corrected chi connectivity index (χ3v) is 13.0. The molecule has 0 spiro atoms. The van der Waals surface area contributed by atoms with E-state index in [9.17, 15) is 0 Å². The predicted octanol–water partition coefficient (Wildman–Crippen LogP) is 18.2. The van der Waals surface area contributed by atoms with Gasteiger partial charge in [0, 0.05) is 86.2 Å². The summed E-state index contributed by atoms with van der Waals surface area (Å²) in [6.45, 7) is 6.83. The van der Waals surface area contributed by atoms with Crippen molar-refractivity contribution < 1.29 is 0 Å². The second kappa shape index (κ2) is 20.5. The molecule has 8 aromatic carbocycles. The molecule has 0 aliphatic heterocycles. The van der Waals surface area contributed by atoms with E-state index >= 15 is 0 Å². The van der Waals surface area contributed by atoms with Gasteiger partial charge in [-0.15, -0.1) is 0 Å². The predicted molar refractivity (Wildman–Crippen MR) is 305 cm³/mol. The van der Waals surface area contributed by atoms with Crippen LogP contribution in [0.15, 0.2) is 280 Å². The second-order valence-electron chi connectivity index (χ2n) is 18.8. The number of anilines is 12. The van der Waals surface area contributed by atoms with Crippen LogP contribution < -0.4 is 19.6 Å². The molecular weight excluding hydrogens is 891 g/mol. The molecule has 0 bridgehead atoms. The Morgan fingerprint density at radius 1 is 0.260 bits per heavy atom. The van der Waals surface area contributed by atoms with Crippen LogP contribution in [0, 0.1) is 0 Å². The molecule has 73 heavy (non-hydrogen) atoms. The van der Waals surface area contributed by atoms with Crippen LogP contribution in [0.1, 0.15) is 20.8 Å². The lowest BCUT2D eigenvalue weighted by Crippen LogP contribution is -2.23. The molecule has 0 saturated carbocycles. The molecule has 0 radical (unpaired) electrons. The molecule has 3 aromatic heterocycles. The molecule has 0 aliphatic carbocycles. The van der Waals surface area contributed by atoms with Gasteiger partial charge in [0.25, 0.3) is 0 Å². The summed E-state index contributed by atoms with van der Waals surface area (Å²) in [4.78, 5) is 18.1. The van der Waals surface area contributed by atoms with E-state index in [2.05, 4.69) is 298 Å². The quantitative estimate of drug-likeness (QED) is 0.108. The van der Waals surface area contributed by atoms with Crippen LogP contribution in [-0.2, 0) is 5.54 Å². The molecule has 7 nitrogen and oxygen atoms in total. The first-order valence-corrected chi connectivity index (χ1v) is 24.7. The Morgan fingerprint density at radius 3 is 0.740 bits per heavy atom. The molecule has 11 rings (SSSR count). The van der Waals surface area contributed by atoms with Crippen molar-refractivity contribution in [3.8, 4) is 22.5 Å². The molecule has 0 fully saturated rings. The molecule has 3 heterocycles. The number of pyridine rings is 2. The maximum absolute atomic E-state index is 4.53. The molecule has 0 amide bonds. The lowest BCUT2D eigenvalue weighted by molar-refractivity contribution is 0.407. The highest BCUT2D eigenvalue weighted by atomic mass is 15.2. The van der Waals surface area contributed by atoms with Gasteiger partial charge in [0.2, 0.25) is 0 Å². The third kappa shape index (κ3) is 9.72. The summed E-state index contributed by atoms with van der Waals surface area (Å²) in [6, 6.07) is 90.0. The van der Waals surface area contributed by atoms with Gasteiger partial charge >= 0.3 is 0 Å². The maximum Gasteiger partial charge on any atom is 0.0644 e. The van der Waals surface area contributed by atoms with Crippen molar-refractivity contribution in [3.05, 3.63) is 280 Å². The van der Waals surface area contributed by atoms with Gasteiger partial charge < -0.3 is 24.2 Å². The lowest BCUT2D eigenvalue weighted by atomic mass is 10.0. The molecule has 0 N–H and O–H groups in total. The van der Waals surface area contributed by atoms with E-state index in [1.54, 1.807) is 0 Å². The minimum atomic E-state index is -0.223. The summed E-state index contributed by atoms with van der Waals surface area (Å²) < 4.78 is 2.46. The summed E-state index contributed by atoms with van der Waals surface area (Å²) in [6.07, 6.45) is 7.48. The summed E-state index contributed by atoms with van der Waals surface area (Å²) in [5, 5.41) is 0.